The molecule has 39 heavy (non-hydrogen) atoms. The highest BCUT2D eigenvalue weighted by atomic mass is 16.5. The number of nitrogens with zero attached hydrogens (tertiary/aromatic N) is 2. The Balaban J connectivity index is 1.62. The van der Waals surface area contributed by atoms with Crippen LogP contribution in [0.15, 0.2) is 61.1 Å². The molecular formula is C30H34N4O5. The molecule has 0 saturated carbocycles. The zero-order chi connectivity index (χ0) is 27.6. The molecule has 0 bridgehead atoms. The molecule has 2 N–H and O–H groups in total. The fraction of sp³-hybridized carbons (Fsp3) is 0.300. The maximum absolute atomic E-state index is 12.8. The monoisotopic (exact) mass is 530 g/mol. The summed E-state index contributed by atoms with van der Waals surface area (Å²) in [6, 6.07) is 13.0. The van der Waals surface area contributed by atoms with Crippen molar-refractivity contribution < 1.29 is 23.7 Å². The largest absolute Gasteiger partial charge is 0.487 e. The molecular weight excluding hydrogens is 496 g/mol. The van der Waals surface area contributed by atoms with Crippen molar-refractivity contribution >= 4 is 33.9 Å². The van der Waals surface area contributed by atoms with Gasteiger partial charge in [-0.15, -0.1) is 0 Å². The number of anilines is 3. The van der Waals surface area contributed by atoms with Gasteiger partial charge < -0.3 is 29.6 Å². The number of methoxy groups -OCH3 is 2. The van der Waals surface area contributed by atoms with Crippen molar-refractivity contribution in [1.29, 1.82) is 0 Å². The maximum atomic E-state index is 12.8. The van der Waals surface area contributed by atoms with Gasteiger partial charge in [-0.25, -0.2) is 0 Å². The van der Waals surface area contributed by atoms with E-state index in [1.807, 2.05) is 37.4 Å². The molecule has 0 atom stereocenters. The molecule has 0 spiro atoms. The first-order chi connectivity index (χ1) is 19.0. The van der Waals surface area contributed by atoms with E-state index in [9.17, 15) is 4.79 Å². The molecule has 4 aromatic rings. The van der Waals surface area contributed by atoms with Crippen LogP contribution in [0.5, 0.6) is 11.5 Å². The third kappa shape index (κ3) is 7.01. The van der Waals surface area contributed by atoms with Gasteiger partial charge in [-0.2, -0.15) is 0 Å². The minimum atomic E-state index is -0.182. The normalized spacial score (nSPS) is 10.9. The molecule has 9 heteroatoms. The number of carbonyl (C=O) groups excluding carboxylic acids is 1. The zero-order valence-corrected chi connectivity index (χ0v) is 22.7. The van der Waals surface area contributed by atoms with E-state index < -0.39 is 0 Å². The summed E-state index contributed by atoms with van der Waals surface area (Å²) >= 11 is 0. The quantitative estimate of drug-likeness (QED) is 0.217. The van der Waals surface area contributed by atoms with E-state index in [1.165, 1.54) is 0 Å². The van der Waals surface area contributed by atoms with Gasteiger partial charge >= 0.3 is 0 Å². The van der Waals surface area contributed by atoms with Gasteiger partial charge in [0, 0.05) is 61.2 Å². The van der Waals surface area contributed by atoms with Crippen molar-refractivity contribution in [3.05, 3.63) is 77.7 Å². The van der Waals surface area contributed by atoms with Crippen molar-refractivity contribution in [3.63, 3.8) is 0 Å². The Bertz CT molecular complexity index is 1410. The lowest BCUT2D eigenvalue weighted by Gasteiger charge is -2.18. The fourth-order valence-electron chi connectivity index (χ4n) is 4.01. The molecule has 0 aliphatic rings. The van der Waals surface area contributed by atoms with E-state index >= 15 is 0 Å². The van der Waals surface area contributed by atoms with Crippen LogP contribution in [0.2, 0.25) is 0 Å². The lowest BCUT2D eigenvalue weighted by molar-refractivity contribution is 0.102. The van der Waals surface area contributed by atoms with Crippen molar-refractivity contribution in [2.45, 2.75) is 20.3 Å². The number of amides is 1. The summed E-state index contributed by atoms with van der Waals surface area (Å²) in [5, 5.41) is 7.37. The summed E-state index contributed by atoms with van der Waals surface area (Å²) < 4.78 is 22.2. The topological polar surface area (TPSA) is 104 Å². The Hall–Kier alpha value is -4.21. The first-order valence-electron chi connectivity index (χ1n) is 12.8. The van der Waals surface area contributed by atoms with Crippen LogP contribution in [0.4, 0.5) is 17.1 Å². The SMILES string of the molecule is CCc1cnc2cc(OCCOC)c(OCCOC)cc2c1Nc1ccc(C(=O)Nc2ccncc2C)cc1. The average Bonchev–Trinajstić information content (AvgIpc) is 2.95. The van der Waals surface area contributed by atoms with E-state index in [0.29, 0.717) is 43.5 Å². The summed E-state index contributed by atoms with van der Waals surface area (Å²) in [5.41, 5.74) is 5.78. The molecule has 0 fully saturated rings. The Labute approximate surface area is 228 Å². The summed E-state index contributed by atoms with van der Waals surface area (Å²) in [6.45, 7) is 5.68. The molecule has 9 nitrogen and oxygen atoms in total. The molecule has 204 valence electrons. The number of pyridine rings is 2. The number of ether oxygens (including phenoxy) is 4. The number of benzene rings is 2. The highest BCUT2D eigenvalue weighted by molar-refractivity contribution is 6.05. The van der Waals surface area contributed by atoms with E-state index in [-0.39, 0.29) is 5.91 Å². The first kappa shape index (κ1) is 27.8. The van der Waals surface area contributed by atoms with Crippen LogP contribution in [0.25, 0.3) is 10.9 Å². The number of carbonyl (C=O) groups is 1. The van der Waals surface area contributed by atoms with E-state index in [4.69, 9.17) is 18.9 Å². The van der Waals surface area contributed by atoms with Gasteiger partial charge in [0.2, 0.25) is 0 Å². The Kier molecular flexibility index (Phi) is 9.66. The van der Waals surface area contributed by atoms with Crippen LogP contribution in [-0.2, 0) is 15.9 Å². The number of aromatic nitrogens is 2. The van der Waals surface area contributed by atoms with E-state index in [1.54, 1.807) is 44.8 Å². The van der Waals surface area contributed by atoms with E-state index in [0.717, 1.165) is 45.5 Å². The minimum Gasteiger partial charge on any atom is -0.487 e. The molecule has 4 rings (SSSR count). The molecule has 2 aromatic carbocycles. The fourth-order valence-corrected chi connectivity index (χ4v) is 4.01. The van der Waals surface area contributed by atoms with Crippen molar-refractivity contribution in [2.24, 2.45) is 0 Å². The highest BCUT2D eigenvalue weighted by Gasteiger charge is 2.15. The minimum absolute atomic E-state index is 0.182. The van der Waals surface area contributed by atoms with Crippen molar-refractivity contribution in [3.8, 4) is 11.5 Å². The predicted octanol–water partition coefficient (Wildman–Crippen LogP) is 5.55. The number of aryl methyl sites for hydroxylation is 2. The standard InChI is InChI=1S/C30H34N4O5/c1-5-21-19-32-26-17-28(39-15-13-37-4)27(38-14-12-36-3)16-24(26)29(21)33-23-8-6-22(7-9-23)30(35)34-25-10-11-31-18-20(25)2/h6-11,16-19H,5,12-15H2,1-4H3,(H,32,33)(H,31,34,35). The van der Waals surface area contributed by atoms with Crippen LogP contribution < -0.4 is 20.1 Å². The summed E-state index contributed by atoms with van der Waals surface area (Å²) in [4.78, 5) is 21.5. The van der Waals surface area contributed by atoms with E-state index in [2.05, 4.69) is 27.5 Å². The first-order valence-corrected chi connectivity index (χ1v) is 12.8. The lowest BCUT2D eigenvalue weighted by atomic mass is 10.1. The molecule has 0 saturated heterocycles. The Morgan fingerprint density at radius 3 is 2.23 bits per heavy atom. The summed E-state index contributed by atoms with van der Waals surface area (Å²) in [6.07, 6.45) is 6.02. The van der Waals surface area contributed by atoms with Gasteiger partial charge in [-0.1, -0.05) is 6.92 Å². The number of fused-ring (bicyclic) bond motifs is 1. The van der Waals surface area contributed by atoms with Crippen molar-refractivity contribution in [2.75, 3.05) is 51.3 Å². The molecule has 1 amide bonds. The number of hydrogen-bond donors (Lipinski definition) is 2. The maximum Gasteiger partial charge on any atom is 0.255 e. The van der Waals surface area contributed by atoms with Gasteiger partial charge in [-0.05, 0) is 60.9 Å². The molecule has 2 aromatic heterocycles. The van der Waals surface area contributed by atoms with Crippen LogP contribution in [-0.4, -0.2) is 56.5 Å². The Morgan fingerprint density at radius 2 is 1.59 bits per heavy atom. The van der Waals surface area contributed by atoms with Crippen molar-refractivity contribution in [1.82, 2.24) is 9.97 Å². The van der Waals surface area contributed by atoms with Crippen LogP contribution in [0.3, 0.4) is 0 Å². The molecule has 0 unspecified atom stereocenters. The second-order valence-corrected chi connectivity index (χ2v) is 8.86. The van der Waals surface area contributed by atoms with Gasteiger partial charge in [0.25, 0.3) is 5.91 Å². The Morgan fingerprint density at radius 1 is 0.897 bits per heavy atom. The van der Waals surface area contributed by atoms with Crippen LogP contribution >= 0.6 is 0 Å². The second-order valence-electron chi connectivity index (χ2n) is 8.86. The van der Waals surface area contributed by atoms with Crippen LogP contribution in [0.1, 0.15) is 28.4 Å². The molecule has 0 aliphatic carbocycles. The third-order valence-electron chi connectivity index (χ3n) is 6.17. The smallest absolute Gasteiger partial charge is 0.255 e. The van der Waals surface area contributed by atoms with Gasteiger partial charge in [-0.3, -0.25) is 14.8 Å². The number of nitrogens with one attached hydrogen (secondary N) is 2. The van der Waals surface area contributed by atoms with Gasteiger partial charge in [0.05, 0.1) is 24.4 Å². The third-order valence-corrected chi connectivity index (χ3v) is 6.17. The molecule has 0 radical (unpaired) electrons. The lowest BCUT2D eigenvalue weighted by Crippen LogP contribution is -2.12. The van der Waals surface area contributed by atoms with Gasteiger partial charge in [0.15, 0.2) is 11.5 Å². The van der Waals surface area contributed by atoms with Gasteiger partial charge in [0.1, 0.15) is 13.2 Å². The van der Waals surface area contributed by atoms with Crippen LogP contribution in [0, 0.1) is 6.92 Å². The highest BCUT2D eigenvalue weighted by Crippen LogP contribution is 2.37. The number of rotatable bonds is 13. The summed E-state index contributed by atoms with van der Waals surface area (Å²) in [7, 11) is 3.26. The molecule has 2 heterocycles. The predicted molar refractivity (Wildman–Crippen MR) is 153 cm³/mol. The average molecular weight is 531 g/mol. The zero-order valence-electron chi connectivity index (χ0n) is 22.7. The second kappa shape index (κ2) is 13.5. The summed E-state index contributed by atoms with van der Waals surface area (Å²) in [5.74, 6) is 1.02. The number of hydrogen-bond acceptors (Lipinski definition) is 8. The molecule has 0 aliphatic heterocycles.